The van der Waals surface area contributed by atoms with E-state index in [0.717, 1.165) is 23.5 Å². The van der Waals surface area contributed by atoms with Crippen molar-refractivity contribution in [3.8, 4) is 0 Å². The molecule has 6 nitrogen and oxygen atoms in total. The van der Waals surface area contributed by atoms with Crippen LogP contribution in [0.1, 0.15) is 30.4 Å². The lowest BCUT2D eigenvalue weighted by atomic mass is 10.00. The summed E-state index contributed by atoms with van der Waals surface area (Å²) in [6.07, 6.45) is 4.15. The lowest BCUT2D eigenvalue weighted by Gasteiger charge is -2.31. The van der Waals surface area contributed by atoms with Crippen LogP contribution >= 0.6 is 11.6 Å². The average Bonchev–Trinajstić information content (AvgIpc) is 2.78. The van der Waals surface area contributed by atoms with E-state index in [1.54, 1.807) is 6.08 Å². The summed E-state index contributed by atoms with van der Waals surface area (Å²) < 4.78 is 29.1. The van der Waals surface area contributed by atoms with Gasteiger partial charge in [-0.15, -0.1) is 0 Å². The van der Waals surface area contributed by atoms with Gasteiger partial charge in [-0.3, -0.25) is 4.72 Å². The Morgan fingerprint density at radius 3 is 2.42 bits per heavy atom. The van der Waals surface area contributed by atoms with Gasteiger partial charge in [0.1, 0.15) is 0 Å². The fourth-order valence-electron chi connectivity index (χ4n) is 4.23. The van der Waals surface area contributed by atoms with E-state index in [-0.39, 0.29) is 0 Å². The van der Waals surface area contributed by atoms with Crippen molar-refractivity contribution in [3.63, 3.8) is 0 Å². The summed E-state index contributed by atoms with van der Waals surface area (Å²) in [6.45, 7) is 1.42. The Morgan fingerprint density at radius 2 is 1.68 bits per heavy atom. The van der Waals surface area contributed by atoms with Gasteiger partial charge in [0.2, 0.25) is 10.0 Å². The molecule has 2 aromatic carbocycles. The van der Waals surface area contributed by atoms with Crippen molar-refractivity contribution < 1.29 is 8.42 Å². The molecule has 2 aliphatic rings. The molecule has 1 N–H and O–H groups in total. The highest BCUT2D eigenvalue weighted by Crippen LogP contribution is 2.32. The van der Waals surface area contributed by atoms with Crippen LogP contribution in [0.4, 0.5) is 11.6 Å². The topological polar surface area (TPSA) is 75.2 Å². The van der Waals surface area contributed by atoms with Crippen molar-refractivity contribution >= 4 is 44.3 Å². The second kappa shape index (κ2) is 8.13. The molecule has 0 amide bonds. The summed E-state index contributed by atoms with van der Waals surface area (Å²) in [4.78, 5) is 11.6. The molecule has 0 bridgehead atoms. The standard InChI is InChI=1S/C23H23ClN4O2S/c24-18-9-11-19(12-10-18)31(29,30)27-22-23(26-21-8-4-3-7-20(21)25-22)28-14-13-16-5-1-2-6-17(16)15-28/h1-9,19H,10-15H2,(H,25,27). The highest BCUT2D eigenvalue weighted by molar-refractivity contribution is 7.93. The number of fused-ring (bicyclic) bond motifs is 2. The molecule has 0 saturated carbocycles. The van der Waals surface area contributed by atoms with Crippen molar-refractivity contribution in [2.24, 2.45) is 0 Å². The summed E-state index contributed by atoms with van der Waals surface area (Å²) in [7, 11) is -3.63. The highest BCUT2D eigenvalue weighted by atomic mass is 35.5. The van der Waals surface area contributed by atoms with Crippen molar-refractivity contribution in [2.45, 2.75) is 37.5 Å². The number of aromatic nitrogens is 2. The van der Waals surface area contributed by atoms with Crippen LogP contribution in [-0.4, -0.2) is 30.2 Å². The Balaban J connectivity index is 1.53. The maximum Gasteiger partial charge on any atom is 0.237 e. The summed E-state index contributed by atoms with van der Waals surface area (Å²) in [5, 5.41) is 0.197. The number of anilines is 2. The highest BCUT2D eigenvalue weighted by Gasteiger charge is 2.30. The van der Waals surface area contributed by atoms with Gasteiger partial charge >= 0.3 is 0 Å². The zero-order valence-corrected chi connectivity index (χ0v) is 18.5. The normalized spacial score (nSPS) is 19.1. The minimum Gasteiger partial charge on any atom is -0.349 e. The summed E-state index contributed by atoms with van der Waals surface area (Å²) in [6, 6.07) is 15.9. The molecule has 1 aromatic heterocycles. The average molecular weight is 455 g/mol. The second-order valence-electron chi connectivity index (χ2n) is 8.02. The van der Waals surface area contributed by atoms with Crippen LogP contribution in [0.25, 0.3) is 11.0 Å². The van der Waals surface area contributed by atoms with E-state index in [2.05, 4.69) is 32.8 Å². The molecule has 160 valence electrons. The number of hydrogen-bond acceptors (Lipinski definition) is 5. The quantitative estimate of drug-likeness (QED) is 0.623. The van der Waals surface area contributed by atoms with Gasteiger partial charge in [-0.2, -0.15) is 0 Å². The maximum absolute atomic E-state index is 13.2. The van der Waals surface area contributed by atoms with Crippen LogP contribution in [0.5, 0.6) is 0 Å². The van der Waals surface area contributed by atoms with Gasteiger partial charge in [-0.1, -0.05) is 54.1 Å². The molecule has 1 atom stereocenters. The third kappa shape index (κ3) is 4.12. The number of benzene rings is 2. The Hall–Kier alpha value is -2.64. The number of para-hydroxylation sites is 2. The molecular weight excluding hydrogens is 432 g/mol. The van der Waals surface area contributed by atoms with Gasteiger partial charge in [0.05, 0.1) is 16.3 Å². The Kier molecular flexibility index (Phi) is 5.32. The van der Waals surface area contributed by atoms with E-state index >= 15 is 0 Å². The van der Waals surface area contributed by atoms with E-state index in [1.807, 2.05) is 30.3 Å². The molecule has 1 unspecified atom stereocenters. The molecular formula is C23H23ClN4O2S. The van der Waals surface area contributed by atoms with E-state index < -0.39 is 15.3 Å². The summed E-state index contributed by atoms with van der Waals surface area (Å²) in [5.74, 6) is 0.861. The largest absolute Gasteiger partial charge is 0.349 e. The molecule has 5 rings (SSSR count). The van der Waals surface area contributed by atoms with E-state index in [1.165, 1.54) is 11.1 Å². The smallest absolute Gasteiger partial charge is 0.237 e. The minimum absolute atomic E-state index is 0.290. The van der Waals surface area contributed by atoms with Gasteiger partial charge in [-0.05, 0) is 48.9 Å². The maximum atomic E-state index is 13.2. The van der Waals surface area contributed by atoms with Crippen LogP contribution in [-0.2, 0) is 23.0 Å². The van der Waals surface area contributed by atoms with Crippen molar-refractivity contribution in [2.75, 3.05) is 16.2 Å². The third-order valence-corrected chi connectivity index (χ3v) is 8.09. The number of rotatable bonds is 4. The number of nitrogens with zero attached hydrogens (tertiary/aromatic N) is 3. The first-order valence-corrected chi connectivity index (χ1v) is 12.4. The van der Waals surface area contributed by atoms with Crippen LogP contribution in [0, 0.1) is 0 Å². The number of hydrogen-bond donors (Lipinski definition) is 1. The number of halogens is 1. The summed E-state index contributed by atoms with van der Waals surface area (Å²) >= 11 is 6.04. The van der Waals surface area contributed by atoms with Crippen LogP contribution < -0.4 is 9.62 Å². The van der Waals surface area contributed by atoms with Crippen molar-refractivity contribution in [3.05, 3.63) is 70.8 Å². The predicted octanol–water partition coefficient (Wildman–Crippen LogP) is 4.61. The zero-order chi connectivity index (χ0) is 21.4. The molecule has 31 heavy (non-hydrogen) atoms. The molecule has 0 saturated heterocycles. The predicted molar refractivity (Wildman–Crippen MR) is 125 cm³/mol. The molecule has 0 spiro atoms. The number of sulfonamides is 1. The van der Waals surface area contributed by atoms with Gasteiger partial charge in [0.25, 0.3) is 0 Å². The van der Waals surface area contributed by atoms with Crippen molar-refractivity contribution in [1.29, 1.82) is 0 Å². The first-order valence-electron chi connectivity index (χ1n) is 10.4. The second-order valence-corrected chi connectivity index (χ2v) is 10.5. The molecule has 1 aliphatic carbocycles. The molecule has 1 aliphatic heterocycles. The minimum atomic E-state index is -3.63. The molecule has 8 heteroatoms. The van der Waals surface area contributed by atoms with Gasteiger partial charge in [0.15, 0.2) is 11.6 Å². The van der Waals surface area contributed by atoms with Crippen molar-refractivity contribution in [1.82, 2.24) is 9.97 Å². The lowest BCUT2D eigenvalue weighted by molar-refractivity contribution is 0.572. The van der Waals surface area contributed by atoms with E-state index in [4.69, 9.17) is 16.6 Å². The van der Waals surface area contributed by atoms with Gasteiger partial charge < -0.3 is 4.90 Å². The SMILES string of the molecule is O=S(=O)(Nc1nc2ccccc2nc1N1CCc2ccccc2C1)C1CC=C(Cl)CC1. The van der Waals surface area contributed by atoms with Crippen LogP contribution in [0.3, 0.4) is 0 Å². The monoisotopic (exact) mass is 454 g/mol. The van der Waals surface area contributed by atoms with E-state index in [0.29, 0.717) is 43.0 Å². The van der Waals surface area contributed by atoms with E-state index in [9.17, 15) is 8.42 Å². The molecule has 3 aromatic rings. The fourth-order valence-corrected chi connectivity index (χ4v) is 5.78. The number of nitrogens with one attached hydrogen (secondary N) is 1. The zero-order valence-electron chi connectivity index (χ0n) is 17.0. The Labute approximate surface area is 187 Å². The molecule has 0 fully saturated rings. The molecule has 2 heterocycles. The van der Waals surface area contributed by atoms with Gasteiger partial charge in [0, 0.05) is 18.1 Å². The first-order chi connectivity index (χ1) is 15.0. The third-order valence-electron chi connectivity index (χ3n) is 5.97. The Bertz CT molecular complexity index is 1280. The molecule has 0 radical (unpaired) electrons. The van der Waals surface area contributed by atoms with Crippen LogP contribution in [0.2, 0.25) is 0 Å². The fraction of sp³-hybridized carbons (Fsp3) is 0.304. The Morgan fingerprint density at radius 1 is 0.968 bits per heavy atom. The lowest BCUT2D eigenvalue weighted by Crippen LogP contribution is -2.34. The first kappa shape index (κ1) is 20.3. The summed E-state index contributed by atoms with van der Waals surface area (Å²) in [5.41, 5.74) is 3.95. The van der Waals surface area contributed by atoms with Crippen LogP contribution in [0.15, 0.2) is 59.6 Å². The van der Waals surface area contributed by atoms with Gasteiger partial charge in [-0.25, -0.2) is 18.4 Å². The number of allylic oxidation sites excluding steroid dienone is 2.